The molecule has 1 aliphatic carbocycles. The van der Waals surface area contributed by atoms with Gasteiger partial charge in [-0.25, -0.2) is 4.39 Å². The van der Waals surface area contributed by atoms with Crippen molar-refractivity contribution in [1.82, 2.24) is 4.57 Å². The van der Waals surface area contributed by atoms with Crippen molar-refractivity contribution in [2.45, 2.75) is 24.2 Å². The predicted molar refractivity (Wildman–Crippen MR) is 124 cm³/mol. The molecule has 164 valence electrons. The fourth-order valence-corrected chi connectivity index (χ4v) is 5.38. The van der Waals surface area contributed by atoms with E-state index in [1.807, 2.05) is 66.3 Å². The van der Waals surface area contributed by atoms with E-state index in [4.69, 9.17) is 5.11 Å². The molecule has 2 atom stereocenters. The van der Waals surface area contributed by atoms with Gasteiger partial charge in [-0.3, -0.25) is 9.59 Å². The number of nitrogens with one attached hydrogen (secondary N) is 1. The van der Waals surface area contributed by atoms with Crippen LogP contribution in [0, 0.1) is 5.82 Å². The van der Waals surface area contributed by atoms with Crippen LogP contribution in [0.3, 0.4) is 0 Å². The summed E-state index contributed by atoms with van der Waals surface area (Å²) in [6.45, 7) is 0. The van der Waals surface area contributed by atoms with Crippen LogP contribution in [0.25, 0.3) is 22.0 Å². The van der Waals surface area contributed by atoms with Crippen LogP contribution >= 0.6 is 0 Å². The minimum Gasteiger partial charge on any atom is -0.481 e. The molecule has 0 bridgehead atoms. The first-order valence-corrected chi connectivity index (χ1v) is 10.9. The Balaban J connectivity index is 1.42. The summed E-state index contributed by atoms with van der Waals surface area (Å²) in [4.78, 5) is 24.2. The van der Waals surface area contributed by atoms with Crippen molar-refractivity contribution in [2.75, 3.05) is 5.32 Å². The third kappa shape index (κ3) is 2.90. The van der Waals surface area contributed by atoms with E-state index >= 15 is 4.39 Å². The van der Waals surface area contributed by atoms with Crippen LogP contribution in [-0.2, 0) is 28.5 Å². The van der Waals surface area contributed by atoms with E-state index < -0.39 is 11.4 Å². The zero-order chi connectivity index (χ0) is 22.9. The Kier molecular flexibility index (Phi) is 4.06. The number of carbonyl (C=O) groups excluding carboxylic acids is 1. The third-order valence-corrected chi connectivity index (χ3v) is 7.11. The summed E-state index contributed by atoms with van der Waals surface area (Å²) in [6, 6.07) is 18.5. The molecule has 5 nitrogen and oxygen atoms in total. The van der Waals surface area contributed by atoms with Crippen LogP contribution in [0.15, 0.2) is 66.9 Å². The lowest BCUT2D eigenvalue weighted by Gasteiger charge is -2.12. The molecule has 0 saturated heterocycles. The van der Waals surface area contributed by atoms with Gasteiger partial charge in [0.2, 0.25) is 5.91 Å². The number of halogens is 1. The van der Waals surface area contributed by atoms with Crippen molar-refractivity contribution < 1.29 is 19.1 Å². The van der Waals surface area contributed by atoms with Gasteiger partial charge in [0.1, 0.15) is 5.82 Å². The fourth-order valence-electron chi connectivity index (χ4n) is 5.38. The first-order valence-electron chi connectivity index (χ1n) is 10.9. The quantitative estimate of drug-likeness (QED) is 0.470. The number of aryl methyl sites for hydroxylation is 1. The maximum absolute atomic E-state index is 15.1. The largest absolute Gasteiger partial charge is 0.481 e. The van der Waals surface area contributed by atoms with Gasteiger partial charge in [0.25, 0.3) is 0 Å². The summed E-state index contributed by atoms with van der Waals surface area (Å²) in [5, 5.41) is 13.0. The zero-order valence-corrected chi connectivity index (χ0v) is 17.9. The number of benzene rings is 3. The summed E-state index contributed by atoms with van der Waals surface area (Å²) in [5.41, 5.74) is 4.54. The molecular formula is C27H21FN2O3. The van der Waals surface area contributed by atoms with Crippen LogP contribution in [0.2, 0.25) is 0 Å². The molecule has 6 rings (SSSR count). The summed E-state index contributed by atoms with van der Waals surface area (Å²) < 4.78 is 17.1. The number of hydrogen-bond donors (Lipinski definition) is 2. The van der Waals surface area contributed by atoms with Gasteiger partial charge in [-0.15, -0.1) is 0 Å². The van der Waals surface area contributed by atoms with E-state index in [9.17, 15) is 9.59 Å². The molecule has 6 heteroatoms. The Morgan fingerprint density at radius 1 is 1.18 bits per heavy atom. The lowest BCUT2D eigenvalue weighted by atomic mass is 9.89. The fraction of sp³-hybridized carbons (Fsp3) is 0.185. The Hall–Kier alpha value is -3.93. The van der Waals surface area contributed by atoms with Crippen molar-refractivity contribution in [2.24, 2.45) is 7.05 Å². The molecule has 2 heterocycles. The van der Waals surface area contributed by atoms with E-state index in [0.29, 0.717) is 23.2 Å². The van der Waals surface area contributed by atoms with Crippen LogP contribution in [0.5, 0.6) is 0 Å². The lowest BCUT2D eigenvalue weighted by molar-refractivity contribution is -0.136. The molecule has 1 saturated carbocycles. The van der Waals surface area contributed by atoms with Crippen molar-refractivity contribution in [3.05, 3.63) is 89.4 Å². The summed E-state index contributed by atoms with van der Waals surface area (Å²) in [5.74, 6) is -1.46. The van der Waals surface area contributed by atoms with Crippen LogP contribution in [0.1, 0.15) is 29.0 Å². The molecule has 1 fully saturated rings. The molecule has 3 aromatic carbocycles. The number of amides is 1. The van der Waals surface area contributed by atoms with Crippen molar-refractivity contribution in [3.8, 4) is 11.1 Å². The van der Waals surface area contributed by atoms with Gasteiger partial charge < -0.3 is 15.0 Å². The maximum atomic E-state index is 15.1. The molecule has 1 amide bonds. The van der Waals surface area contributed by atoms with E-state index in [0.717, 1.165) is 27.6 Å². The second-order valence-electron chi connectivity index (χ2n) is 9.08. The smallest absolute Gasteiger partial charge is 0.307 e. The van der Waals surface area contributed by atoms with E-state index in [1.54, 1.807) is 6.07 Å². The number of carboxylic acid groups (broad SMARTS) is 1. The van der Waals surface area contributed by atoms with E-state index in [1.165, 1.54) is 6.07 Å². The first-order chi connectivity index (χ1) is 15.9. The van der Waals surface area contributed by atoms with E-state index in [2.05, 4.69) is 5.32 Å². The minimum absolute atomic E-state index is 0.0618. The number of carboxylic acids is 1. The number of aliphatic carboxylic acids is 1. The zero-order valence-electron chi connectivity index (χ0n) is 17.9. The normalized spacial score (nSPS) is 20.8. The van der Waals surface area contributed by atoms with Gasteiger partial charge in [0.05, 0.1) is 11.8 Å². The number of aromatic nitrogens is 1. The molecule has 33 heavy (non-hydrogen) atoms. The second kappa shape index (κ2) is 6.78. The highest BCUT2D eigenvalue weighted by Gasteiger charge is 2.65. The molecule has 4 aromatic rings. The number of carbonyl (C=O) groups is 2. The molecule has 1 spiro atoms. The molecule has 2 N–H and O–H groups in total. The number of hydrogen-bond acceptors (Lipinski definition) is 2. The maximum Gasteiger partial charge on any atom is 0.307 e. The molecule has 1 aliphatic heterocycles. The number of fused-ring (bicyclic) bond motifs is 3. The highest BCUT2D eigenvalue weighted by Crippen LogP contribution is 2.65. The average Bonchev–Trinajstić information content (AvgIpc) is 3.35. The van der Waals surface area contributed by atoms with Gasteiger partial charge >= 0.3 is 5.97 Å². The standard InChI is InChI=1S/C27H21FN2O3/c1-30-8-7-18-11-16(5-6-24(18)30)19-12-20-23(13-22(19)28)29-26(33)27(20)14-21(27)17-4-2-3-15(9-17)10-25(31)32/h2-9,11-13,21H,10,14H2,1H3,(H,29,33)(H,31,32). The number of rotatable bonds is 4. The SMILES string of the molecule is Cn1ccc2cc(-c3cc4c(cc3F)NC(=O)C43CC3c3cccc(CC(=O)O)c3)ccc21. The summed E-state index contributed by atoms with van der Waals surface area (Å²) in [7, 11) is 1.97. The average molecular weight is 440 g/mol. The Morgan fingerprint density at radius 3 is 2.85 bits per heavy atom. The van der Waals surface area contributed by atoms with Gasteiger partial charge in [0.15, 0.2) is 0 Å². The van der Waals surface area contributed by atoms with Gasteiger partial charge in [-0.2, -0.15) is 0 Å². The van der Waals surface area contributed by atoms with Gasteiger partial charge in [-0.05, 0) is 59.0 Å². The topological polar surface area (TPSA) is 71.3 Å². The number of anilines is 1. The molecular weight excluding hydrogens is 419 g/mol. The summed E-state index contributed by atoms with van der Waals surface area (Å²) in [6.07, 6.45) is 2.52. The van der Waals surface area contributed by atoms with Crippen molar-refractivity contribution in [3.63, 3.8) is 0 Å². The molecule has 1 aromatic heterocycles. The van der Waals surface area contributed by atoms with Gasteiger partial charge in [0, 0.05) is 41.3 Å². The second-order valence-corrected chi connectivity index (χ2v) is 9.08. The first kappa shape index (κ1) is 19.7. The molecule has 2 unspecified atom stereocenters. The van der Waals surface area contributed by atoms with Crippen LogP contribution < -0.4 is 5.32 Å². The highest BCUT2D eigenvalue weighted by molar-refractivity contribution is 6.10. The minimum atomic E-state index is -0.892. The predicted octanol–water partition coefficient (Wildman–Crippen LogP) is 4.99. The monoisotopic (exact) mass is 440 g/mol. The Morgan fingerprint density at radius 2 is 2.03 bits per heavy atom. The van der Waals surface area contributed by atoms with Crippen LogP contribution in [0.4, 0.5) is 10.1 Å². The summed E-state index contributed by atoms with van der Waals surface area (Å²) >= 11 is 0. The lowest BCUT2D eigenvalue weighted by Crippen LogP contribution is -2.21. The molecule has 2 aliphatic rings. The third-order valence-electron chi connectivity index (χ3n) is 7.11. The van der Waals surface area contributed by atoms with Crippen molar-refractivity contribution >= 4 is 28.5 Å². The highest BCUT2D eigenvalue weighted by atomic mass is 19.1. The van der Waals surface area contributed by atoms with Gasteiger partial charge in [-0.1, -0.05) is 30.3 Å². The van der Waals surface area contributed by atoms with Crippen LogP contribution in [-0.4, -0.2) is 21.6 Å². The Bertz CT molecular complexity index is 1490. The van der Waals surface area contributed by atoms with E-state index in [-0.39, 0.29) is 24.1 Å². The molecule has 0 radical (unpaired) electrons. The number of nitrogens with zero attached hydrogens (tertiary/aromatic N) is 1. The van der Waals surface area contributed by atoms with Crippen molar-refractivity contribution in [1.29, 1.82) is 0 Å². The Labute approximate surface area is 189 Å².